The van der Waals surface area contributed by atoms with Gasteiger partial charge in [0.1, 0.15) is 0 Å². The summed E-state index contributed by atoms with van der Waals surface area (Å²) in [6, 6.07) is 12.8. The lowest BCUT2D eigenvalue weighted by molar-refractivity contribution is -0.139. The van der Waals surface area contributed by atoms with Crippen LogP contribution in [0.4, 0.5) is 18.9 Å². The largest absolute Gasteiger partial charge is 0.418 e. The third-order valence-electron chi connectivity index (χ3n) is 6.06. The normalized spacial score (nSPS) is 16.2. The zero-order valence-corrected chi connectivity index (χ0v) is 19.7. The number of rotatable bonds is 7. The van der Waals surface area contributed by atoms with Gasteiger partial charge in [-0.05, 0) is 31.5 Å². The number of aryl methyl sites for hydroxylation is 1. The fourth-order valence-electron chi connectivity index (χ4n) is 4.17. The van der Waals surface area contributed by atoms with Crippen molar-refractivity contribution in [2.45, 2.75) is 32.6 Å². The van der Waals surface area contributed by atoms with Gasteiger partial charge in [0.15, 0.2) is 0 Å². The number of likely N-dealkylation sites (N-methyl/N-ethyl adjacent to an activating group) is 1. The fourth-order valence-corrected chi connectivity index (χ4v) is 4.17. The molecule has 9 heteroatoms. The van der Waals surface area contributed by atoms with Crippen LogP contribution in [0.2, 0.25) is 0 Å². The van der Waals surface area contributed by atoms with Crippen LogP contribution in [0.25, 0.3) is 0 Å². The first kappa shape index (κ1) is 25.7. The molecular weight excluding hydrogens is 445 g/mol. The number of hydrogen-bond donors (Lipinski definition) is 1. The molecule has 0 unspecified atom stereocenters. The number of amides is 2. The van der Waals surface area contributed by atoms with Crippen LogP contribution in [-0.2, 0) is 22.3 Å². The number of nitrogens with zero attached hydrogens (tertiary/aromatic N) is 3. The molecule has 0 radical (unpaired) electrons. The lowest BCUT2D eigenvalue weighted by Gasteiger charge is -2.38. The van der Waals surface area contributed by atoms with Crippen molar-refractivity contribution in [1.29, 1.82) is 0 Å². The highest BCUT2D eigenvalue weighted by Crippen LogP contribution is 2.34. The Morgan fingerprint density at radius 3 is 2.38 bits per heavy atom. The number of hydrogen-bond acceptors (Lipinski definition) is 4. The molecule has 1 aliphatic rings. The average molecular weight is 477 g/mol. The Morgan fingerprint density at radius 2 is 1.74 bits per heavy atom. The van der Waals surface area contributed by atoms with Crippen LogP contribution in [0.3, 0.4) is 0 Å². The van der Waals surface area contributed by atoms with Crippen LogP contribution in [0.1, 0.15) is 23.6 Å². The summed E-state index contributed by atoms with van der Waals surface area (Å²) < 4.78 is 39.4. The Labute approximate surface area is 198 Å². The summed E-state index contributed by atoms with van der Waals surface area (Å²) in [6.45, 7) is 7.48. The van der Waals surface area contributed by atoms with Crippen LogP contribution in [0.5, 0.6) is 0 Å². The molecule has 1 atom stereocenters. The van der Waals surface area contributed by atoms with Gasteiger partial charge in [-0.1, -0.05) is 42.0 Å². The highest BCUT2D eigenvalue weighted by molar-refractivity contribution is 5.95. The summed E-state index contributed by atoms with van der Waals surface area (Å²) >= 11 is 0. The fraction of sp³-hybridized carbons (Fsp3) is 0.440. The quantitative estimate of drug-likeness (QED) is 0.664. The van der Waals surface area contributed by atoms with E-state index in [0.717, 1.165) is 38.8 Å². The zero-order valence-electron chi connectivity index (χ0n) is 19.7. The van der Waals surface area contributed by atoms with Gasteiger partial charge < -0.3 is 10.2 Å². The van der Waals surface area contributed by atoms with Gasteiger partial charge in [0.05, 0.1) is 23.8 Å². The van der Waals surface area contributed by atoms with E-state index in [1.54, 1.807) is 6.92 Å². The number of halogens is 3. The smallest absolute Gasteiger partial charge is 0.335 e. The molecule has 1 N–H and O–H groups in total. The number of piperazine rings is 1. The van der Waals surface area contributed by atoms with Crippen molar-refractivity contribution in [1.82, 2.24) is 14.7 Å². The van der Waals surface area contributed by atoms with Crippen LogP contribution >= 0.6 is 0 Å². The molecule has 0 saturated carbocycles. The van der Waals surface area contributed by atoms with E-state index in [-0.39, 0.29) is 18.1 Å². The first-order chi connectivity index (χ1) is 16.0. The first-order valence-electron chi connectivity index (χ1n) is 11.3. The minimum absolute atomic E-state index is 0.244. The third-order valence-corrected chi connectivity index (χ3v) is 6.06. The number of carbonyl (C=O) groups is 2. The maximum atomic E-state index is 13.1. The van der Waals surface area contributed by atoms with Gasteiger partial charge >= 0.3 is 6.18 Å². The molecule has 0 aliphatic carbocycles. The molecule has 1 fully saturated rings. The van der Waals surface area contributed by atoms with Crippen molar-refractivity contribution in [3.05, 3.63) is 65.2 Å². The SMILES string of the molecule is Cc1cccc(CN2CCN([C@@H](C)C(=O)N(C)CC(=O)Nc3ccccc3C(F)(F)F)CC2)c1. The lowest BCUT2D eigenvalue weighted by atomic mass is 10.1. The van der Waals surface area contributed by atoms with E-state index in [9.17, 15) is 22.8 Å². The molecule has 2 amide bonds. The predicted octanol–water partition coefficient (Wildman–Crippen LogP) is 3.62. The first-order valence-corrected chi connectivity index (χ1v) is 11.3. The van der Waals surface area contributed by atoms with Gasteiger partial charge in [0.25, 0.3) is 0 Å². The van der Waals surface area contributed by atoms with Gasteiger partial charge in [-0.15, -0.1) is 0 Å². The summed E-state index contributed by atoms with van der Waals surface area (Å²) in [7, 11) is 1.49. The molecule has 0 bridgehead atoms. The van der Waals surface area contributed by atoms with Crippen LogP contribution in [-0.4, -0.2) is 72.3 Å². The Balaban J connectivity index is 1.49. The van der Waals surface area contributed by atoms with Gasteiger partial charge in [-0.2, -0.15) is 13.2 Å². The molecule has 6 nitrogen and oxygen atoms in total. The number of carbonyl (C=O) groups excluding carboxylic acids is 2. The van der Waals surface area contributed by atoms with Crippen LogP contribution in [0, 0.1) is 6.92 Å². The van der Waals surface area contributed by atoms with Crippen molar-refractivity contribution in [2.24, 2.45) is 0 Å². The van der Waals surface area contributed by atoms with E-state index >= 15 is 0 Å². The van der Waals surface area contributed by atoms with Gasteiger partial charge in [-0.25, -0.2) is 0 Å². The Morgan fingerprint density at radius 1 is 1.06 bits per heavy atom. The second-order valence-electron chi connectivity index (χ2n) is 8.76. The molecule has 1 saturated heterocycles. The van der Waals surface area contributed by atoms with E-state index in [4.69, 9.17) is 0 Å². The standard InChI is InChI=1S/C25H31F3N4O2/c1-18-7-6-8-20(15-18)16-31-11-13-32(14-12-31)19(2)24(34)30(3)17-23(33)29-22-10-5-4-9-21(22)25(26,27)28/h4-10,15,19H,11-14,16-17H2,1-3H3,(H,29,33)/t19-/m0/s1. The van der Waals surface area contributed by atoms with E-state index in [1.807, 2.05) is 0 Å². The Hall–Kier alpha value is -2.91. The number of benzene rings is 2. The summed E-state index contributed by atoms with van der Waals surface area (Å²) in [5.74, 6) is -0.922. The molecule has 0 spiro atoms. The molecule has 3 rings (SSSR count). The van der Waals surface area contributed by atoms with E-state index in [2.05, 4.69) is 46.3 Å². The number of nitrogens with one attached hydrogen (secondary N) is 1. The Bertz CT molecular complexity index is 1000. The monoisotopic (exact) mass is 476 g/mol. The van der Waals surface area contributed by atoms with E-state index in [0.29, 0.717) is 0 Å². The number of anilines is 1. The van der Waals surface area contributed by atoms with Crippen molar-refractivity contribution >= 4 is 17.5 Å². The molecule has 2 aromatic rings. The molecule has 1 heterocycles. The summed E-state index contributed by atoms with van der Waals surface area (Å²) in [5.41, 5.74) is 1.24. The Kier molecular flexibility index (Phi) is 8.33. The second kappa shape index (κ2) is 11.0. The van der Waals surface area contributed by atoms with Gasteiger partial charge in [-0.3, -0.25) is 19.4 Å². The van der Waals surface area contributed by atoms with E-state index < -0.39 is 23.7 Å². The predicted molar refractivity (Wildman–Crippen MR) is 125 cm³/mol. The minimum atomic E-state index is -4.58. The lowest BCUT2D eigenvalue weighted by Crippen LogP contribution is -2.54. The summed E-state index contributed by atoms with van der Waals surface area (Å²) in [6.07, 6.45) is -4.58. The number of para-hydroxylation sites is 1. The van der Waals surface area contributed by atoms with Crippen LogP contribution in [0.15, 0.2) is 48.5 Å². The van der Waals surface area contributed by atoms with Crippen molar-refractivity contribution in [3.8, 4) is 0 Å². The van der Waals surface area contributed by atoms with Crippen molar-refractivity contribution in [3.63, 3.8) is 0 Å². The maximum Gasteiger partial charge on any atom is 0.418 e. The minimum Gasteiger partial charge on any atom is -0.335 e. The molecule has 0 aromatic heterocycles. The highest BCUT2D eigenvalue weighted by atomic mass is 19.4. The highest BCUT2D eigenvalue weighted by Gasteiger charge is 2.34. The molecule has 2 aromatic carbocycles. The van der Waals surface area contributed by atoms with Crippen LogP contribution < -0.4 is 5.32 Å². The molecular formula is C25H31F3N4O2. The molecule has 34 heavy (non-hydrogen) atoms. The topological polar surface area (TPSA) is 55.9 Å². The van der Waals surface area contributed by atoms with E-state index in [1.165, 1.54) is 41.3 Å². The van der Waals surface area contributed by atoms with Gasteiger partial charge in [0.2, 0.25) is 11.8 Å². The zero-order chi connectivity index (χ0) is 24.9. The molecule has 184 valence electrons. The summed E-state index contributed by atoms with van der Waals surface area (Å²) in [5, 5.41) is 2.28. The third kappa shape index (κ3) is 6.80. The second-order valence-corrected chi connectivity index (χ2v) is 8.76. The number of alkyl halides is 3. The summed E-state index contributed by atoms with van der Waals surface area (Å²) in [4.78, 5) is 30.9. The van der Waals surface area contributed by atoms with Crippen molar-refractivity contribution < 1.29 is 22.8 Å². The van der Waals surface area contributed by atoms with Crippen molar-refractivity contribution in [2.75, 3.05) is 45.1 Å². The average Bonchev–Trinajstić information content (AvgIpc) is 2.78. The van der Waals surface area contributed by atoms with Gasteiger partial charge in [0, 0.05) is 39.8 Å². The molecule has 1 aliphatic heterocycles. The maximum absolute atomic E-state index is 13.1.